The first-order chi connectivity index (χ1) is 14.6. The summed E-state index contributed by atoms with van der Waals surface area (Å²) in [7, 11) is 0. The summed E-state index contributed by atoms with van der Waals surface area (Å²) in [6.07, 6.45) is 1.90. The van der Waals surface area contributed by atoms with Gasteiger partial charge in [0.1, 0.15) is 0 Å². The zero-order chi connectivity index (χ0) is 20.9. The zero-order valence-electron chi connectivity index (χ0n) is 17.6. The highest BCUT2D eigenvalue weighted by Crippen LogP contribution is 2.30. The van der Waals surface area contributed by atoms with Crippen molar-refractivity contribution in [3.63, 3.8) is 0 Å². The van der Waals surface area contributed by atoms with Crippen LogP contribution in [0.3, 0.4) is 0 Å². The maximum Gasteiger partial charge on any atom is 0.238 e. The molecule has 2 aliphatic heterocycles. The molecule has 0 atom stereocenters. The van der Waals surface area contributed by atoms with Crippen molar-refractivity contribution in [3.05, 3.63) is 59.7 Å². The van der Waals surface area contributed by atoms with E-state index in [1.165, 1.54) is 5.56 Å². The molecule has 1 fully saturated rings. The summed E-state index contributed by atoms with van der Waals surface area (Å²) in [6, 6.07) is 16.4. The first-order valence-electron chi connectivity index (χ1n) is 10.8. The van der Waals surface area contributed by atoms with E-state index in [9.17, 15) is 9.59 Å². The van der Waals surface area contributed by atoms with Crippen molar-refractivity contribution in [2.45, 2.75) is 26.3 Å². The molecule has 0 radical (unpaired) electrons. The van der Waals surface area contributed by atoms with Gasteiger partial charge in [-0.2, -0.15) is 0 Å². The molecule has 0 bridgehead atoms. The lowest BCUT2D eigenvalue weighted by molar-refractivity contribution is -0.117. The Kier molecular flexibility index (Phi) is 6.45. The highest BCUT2D eigenvalue weighted by atomic mass is 16.2. The molecule has 30 heavy (non-hydrogen) atoms. The quantitative estimate of drug-likeness (QED) is 0.830. The lowest BCUT2D eigenvalue weighted by atomic mass is 10.1. The number of nitrogens with zero attached hydrogens (tertiary/aromatic N) is 3. The molecule has 0 aromatic heterocycles. The molecule has 158 valence electrons. The minimum atomic E-state index is 0.0212. The second-order valence-electron chi connectivity index (χ2n) is 8.20. The highest BCUT2D eigenvalue weighted by molar-refractivity contribution is 5.96. The summed E-state index contributed by atoms with van der Waals surface area (Å²) in [5.74, 6) is 0.0842. The Bertz CT molecular complexity index is 899. The number of rotatable bonds is 5. The van der Waals surface area contributed by atoms with Crippen LogP contribution in [0.5, 0.6) is 0 Å². The molecule has 2 aromatic carbocycles. The monoisotopic (exact) mass is 406 g/mol. The number of fused-ring (bicyclic) bond motifs is 1. The molecular weight excluding hydrogens is 376 g/mol. The summed E-state index contributed by atoms with van der Waals surface area (Å²) in [6.45, 7) is 7.56. The van der Waals surface area contributed by atoms with Gasteiger partial charge in [-0.1, -0.05) is 30.3 Å². The Labute approximate surface area is 178 Å². The Morgan fingerprint density at radius 2 is 1.70 bits per heavy atom. The van der Waals surface area contributed by atoms with Gasteiger partial charge in [-0.05, 0) is 55.3 Å². The van der Waals surface area contributed by atoms with Crippen LogP contribution in [0.1, 0.15) is 24.5 Å². The van der Waals surface area contributed by atoms with Crippen molar-refractivity contribution >= 4 is 23.2 Å². The van der Waals surface area contributed by atoms with Crippen molar-refractivity contribution in [2.24, 2.45) is 0 Å². The van der Waals surface area contributed by atoms with Crippen molar-refractivity contribution in [1.82, 2.24) is 9.80 Å². The number of benzene rings is 2. The van der Waals surface area contributed by atoms with Crippen LogP contribution in [0.4, 0.5) is 11.4 Å². The Morgan fingerprint density at radius 1 is 0.933 bits per heavy atom. The SMILES string of the molecule is CC(=O)N1CCc2cc(NC(=O)CN3CCCN(Cc4ccccc4)CC3)ccc21. The predicted octanol–water partition coefficient (Wildman–Crippen LogP) is 2.74. The molecule has 0 saturated carbocycles. The molecule has 6 heteroatoms. The molecular formula is C24H30N4O2. The average Bonchev–Trinajstić information content (AvgIpc) is 3.04. The fourth-order valence-electron chi connectivity index (χ4n) is 4.39. The fourth-order valence-corrected chi connectivity index (χ4v) is 4.39. The molecule has 0 aliphatic carbocycles. The van der Waals surface area contributed by atoms with E-state index in [1.54, 1.807) is 11.8 Å². The third-order valence-corrected chi connectivity index (χ3v) is 5.94. The van der Waals surface area contributed by atoms with Crippen LogP contribution in [-0.2, 0) is 22.6 Å². The largest absolute Gasteiger partial charge is 0.325 e. The van der Waals surface area contributed by atoms with Gasteiger partial charge in [0.25, 0.3) is 0 Å². The van der Waals surface area contributed by atoms with Crippen molar-refractivity contribution in [1.29, 1.82) is 0 Å². The van der Waals surface area contributed by atoms with E-state index in [1.807, 2.05) is 24.3 Å². The Balaban J connectivity index is 1.28. The topological polar surface area (TPSA) is 55.9 Å². The number of hydrogen-bond donors (Lipinski definition) is 1. The van der Waals surface area contributed by atoms with E-state index in [-0.39, 0.29) is 11.8 Å². The number of anilines is 2. The molecule has 0 spiro atoms. The van der Waals surface area contributed by atoms with E-state index in [2.05, 4.69) is 39.4 Å². The lowest BCUT2D eigenvalue weighted by Gasteiger charge is -2.21. The molecule has 2 heterocycles. The molecule has 2 aromatic rings. The first kappa shape index (κ1) is 20.6. The van der Waals surface area contributed by atoms with Crippen molar-refractivity contribution in [3.8, 4) is 0 Å². The maximum absolute atomic E-state index is 12.6. The standard InChI is InChI=1S/C24H30N4O2/c1-19(29)28-13-10-21-16-22(8-9-23(21)28)25-24(30)18-27-12-5-11-26(14-15-27)17-20-6-3-2-4-7-20/h2-4,6-9,16H,5,10-15,17-18H2,1H3,(H,25,30). The van der Waals surface area contributed by atoms with Crippen LogP contribution < -0.4 is 10.2 Å². The molecule has 2 aliphatic rings. The molecule has 6 nitrogen and oxygen atoms in total. The first-order valence-corrected chi connectivity index (χ1v) is 10.8. The van der Waals surface area contributed by atoms with Gasteiger partial charge in [0.05, 0.1) is 6.54 Å². The van der Waals surface area contributed by atoms with Crippen LogP contribution >= 0.6 is 0 Å². The zero-order valence-corrected chi connectivity index (χ0v) is 17.6. The van der Waals surface area contributed by atoms with Crippen LogP contribution in [0.2, 0.25) is 0 Å². The van der Waals surface area contributed by atoms with E-state index in [0.717, 1.165) is 69.0 Å². The third-order valence-electron chi connectivity index (χ3n) is 5.94. The molecule has 0 unspecified atom stereocenters. The lowest BCUT2D eigenvalue weighted by Crippen LogP contribution is -2.36. The van der Waals surface area contributed by atoms with Gasteiger partial charge in [0.2, 0.25) is 11.8 Å². The normalized spacial score (nSPS) is 17.4. The van der Waals surface area contributed by atoms with E-state index in [0.29, 0.717) is 6.54 Å². The van der Waals surface area contributed by atoms with Gasteiger partial charge in [-0.25, -0.2) is 0 Å². The number of carbonyl (C=O) groups excluding carboxylic acids is 2. The Morgan fingerprint density at radius 3 is 2.50 bits per heavy atom. The van der Waals surface area contributed by atoms with Crippen LogP contribution in [0.25, 0.3) is 0 Å². The maximum atomic E-state index is 12.6. The van der Waals surface area contributed by atoms with Crippen LogP contribution in [-0.4, -0.2) is 60.9 Å². The van der Waals surface area contributed by atoms with Crippen molar-refractivity contribution < 1.29 is 9.59 Å². The van der Waals surface area contributed by atoms with Gasteiger partial charge in [0.15, 0.2) is 0 Å². The summed E-state index contributed by atoms with van der Waals surface area (Å²) in [5.41, 5.74) is 4.23. The molecule has 1 N–H and O–H groups in total. The number of carbonyl (C=O) groups is 2. The van der Waals surface area contributed by atoms with E-state index >= 15 is 0 Å². The number of hydrogen-bond acceptors (Lipinski definition) is 4. The van der Waals surface area contributed by atoms with Crippen LogP contribution in [0, 0.1) is 0 Å². The minimum Gasteiger partial charge on any atom is -0.325 e. The van der Waals surface area contributed by atoms with Gasteiger partial charge < -0.3 is 10.2 Å². The fraction of sp³-hybridized carbons (Fsp3) is 0.417. The number of amides is 2. The van der Waals surface area contributed by atoms with Gasteiger partial charge in [-0.3, -0.25) is 19.4 Å². The second-order valence-corrected chi connectivity index (χ2v) is 8.20. The summed E-state index contributed by atoms with van der Waals surface area (Å²) in [5, 5.41) is 3.04. The highest BCUT2D eigenvalue weighted by Gasteiger charge is 2.23. The predicted molar refractivity (Wildman–Crippen MR) is 120 cm³/mol. The van der Waals surface area contributed by atoms with E-state index in [4.69, 9.17) is 0 Å². The van der Waals surface area contributed by atoms with Gasteiger partial charge in [-0.15, -0.1) is 0 Å². The van der Waals surface area contributed by atoms with Crippen LogP contribution in [0.15, 0.2) is 48.5 Å². The second kappa shape index (κ2) is 9.41. The smallest absolute Gasteiger partial charge is 0.238 e. The third kappa shape index (κ3) is 5.07. The molecule has 1 saturated heterocycles. The van der Waals surface area contributed by atoms with Gasteiger partial charge in [0, 0.05) is 44.5 Å². The van der Waals surface area contributed by atoms with Crippen molar-refractivity contribution in [2.75, 3.05) is 49.5 Å². The summed E-state index contributed by atoms with van der Waals surface area (Å²) in [4.78, 5) is 30.8. The van der Waals surface area contributed by atoms with E-state index < -0.39 is 0 Å². The minimum absolute atomic E-state index is 0.0212. The summed E-state index contributed by atoms with van der Waals surface area (Å²) < 4.78 is 0. The van der Waals surface area contributed by atoms with Gasteiger partial charge >= 0.3 is 0 Å². The molecule has 2 amide bonds. The number of nitrogens with one attached hydrogen (secondary N) is 1. The Hall–Kier alpha value is -2.70. The molecule has 4 rings (SSSR count). The summed E-state index contributed by atoms with van der Waals surface area (Å²) >= 11 is 0. The average molecular weight is 407 g/mol.